The van der Waals surface area contributed by atoms with Crippen molar-refractivity contribution in [2.75, 3.05) is 0 Å². The van der Waals surface area contributed by atoms with Crippen molar-refractivity contribution in [3.63, 3.8) is 0 Å². The smallest absolute Gasteiger partial charge is 0.255 e. The standard InChI is InChI=1S/C31H26N4O4/c36-29-12-11-27(30(37)33-29)35-19-25-24(31(35)38)4-3-6-28(25)39-20-22-9-7-21(8-10-22)18-34-16-13-23(14-17-34)26-5-1-2-15-32-26/h1-10,13-17,27H,11-12,18-20H2/p+1. The lowest BCUT2D eigenvalue weighted by molar-refractivity contribution is -0.688. The fraction of sp³-hybridized carbons (Fsp3) is 0.194. The maximum atomic E-state index is 13.0. The highest BCUT2D eigenvalue weighted by Crippen LogP contribution is 2.34. The molecule has 2 aromatic heterocycles. The first-order valence-electron chi connectivity index (χ1n) is 12.9. The second-order valence-corrected chi connectivity index (χ2v) is 9.76. The molecule has 1 unspecified atom stereocenters. The van der Waals surface area contributed by atoms with Crippen LogP contribution in [-0.4, -0.2) is 33.6 Å². The number of amides is 3. The molecular weight excluding hydrogens is 492 g/mol. The summed E-state index contributed by atoms with van der Waals surface area (Å²) in [7, 11) is 0. The molecule has 4 aromatic rings. The normalized spacial score (nSPS) is 16.7. The summed E-state index contributed by atoms with van der Waals surface area (Å²) in [5.74, 6) is -0.298. The molecule has 2 aliphatic heterocycles. The zero-order valence-corrected chi connectivity index (χ0v) is 21.2. The number of piperidine rings is 1. The Kier molecular flexibility index (Phi) is 6.59. The first-order chi connectivity index (χ1) is 19.0. The molecule has 3 amide bonds. The summed E-state index contributed by atoms with van der Waals surface area (Å²) in [6.45, 7) is 1.38. The second kappa shape index (κ2) is 10.5. The highest BCUT2D eigenvalue weighted by Gasteiger charge is 2.40. The van der Waals surface area contributed by atoms with Gasteiger partial charge in [0.25, 0.3) is 5.91 Å². The van der Waals surface area contributed by atoms with Crippen molar-refractivity contribution in [1.82, 2.24) is 15.2 Å². The van der Waals surface area contributed by atoms with Gasteiger partial charge in [-0.25, -0.2) is 4.57 Å². The molecule has 1 atom stereocenters. The van der Waals surface area contributed by atoms with E-state index in [0.717, 1.165) is 28.9 Å². The zero-order chi connectivity index (χ0) is 26.8. The van der Waals surface area contributed by atoms with Crippen LogP contribution >= 0.6 is 0 Å². The summed E-state index contributed by atoms with van der Waals surface area (Å²) in [5.41, 5.74) is 5.52. The topological polar surface area (TPSA) is 92.5 Å². The SMILES string of the molecule is O=C1CCC(N2Cc3c(OCc4ccc(C[n+]5ccc(-c6ccccn6)cc5)cc4)cccc3C2=O)C(=O)N1. The van der Waals surface area contributed by atoms with Crippen molar-refractivity contribution in [2.45, 2.75) is 38.6 Å². The van der Waals surface area contributed by atoms with Crippen molar-refractivity contribution >= 4 is 17.7 Å². The van der Waals surface area contributed by atoms with E-state index in [4.69, 9.17) is 4.74 Å². The number of hydrogen-bond donors (Lipinski definition) is 1. The first-order valence-corrected chi connectivity index (χ1v) is 12.9. The quantitative estimate of drug-likeness (QED) is 0.298. The number of hydrogen-bond acceptors (Lipinski definition) is 5. The number of nitrogens with one attached hydrogen (secondary N) is 1. The van der Waals surface area contributed by atoms with Crippen molar-refractivity contribution in [1.29, 1.82) is 0 Å². The van der Waals surface area contributed by atoms with Crippen LogP contribution < -0.4 is 14.6 Å². The third-order valence-electron chi connectivity index (χ3n) is 7.17. The molecule has 0 spiro atoms. The van der Waals surface area contributed by atoms with Gasteiger partial charge in [0.05, 0.1) is 12.2 Å². The molecule has 1 fully saturated rings. The van der Waals surface area contributed by atoms with Crippen molar-refractivity contribution in [3.8, 4) is 17.0 Å². The molecule has 2 aromatic carbocycles. The lowest BCUT2D eigenvalue weighted by atomic mass is 10.0. The molecule has 1 N–H and O–H groups in total. The number of nitrogens with zero attached hydrogens (tertiary/aromatic N) is 3. The lowest BCUT2D eigenvalue weighted by Gasteiger charge is -2.29. The van der Waals surface area contributed by atoms with Crippen LogP contribution in [0.5, 0.6) is 5.75 Å². The summed E-state index contributed by atoms with van der Waals surface area (Å²) >= 11 is 0. The molecule has 1 saturated heterocycles. The fourth-order valence-electron chi connectivity index (χ4n) is 5.07. The van der Waals surface area contributed by atoms with Gasteiger partial charge in [-0.15, -0.1) is 0 Å². The van der Waals surface area contributed by atoms with E-state index in [-0.39, 0.29) is 24.8 Å². The van der Waals surface area contributed by atoms with Gasteiger partial charge in [0.15, 0.2) is 18.9 Å². The molecule has 2 aliphatic rings. The Bertz CT molecular complexity index is 1540. The third-order valence-corrected chi connectivity index (χ3v) is 7.17. The monoisotopic (exact) mass is 519 g/mol. The summed E-state index contributed by atoms with van der Waals surface area (Å²) in [6.07, 6.45) is 6.46. The van der Waals surface area contributed by atoms with Crippen molar-refractivity contribution in [3.05, 3.63) is 114 Å². The molecule has 39 heavy (non-hydrogen) atoms. The Labute approximate surface area is 225 Å². The molecule has 6 rings (SSSR count). The van der Waals surface area contributed by atoms with E-state index in [1.165, 1.54) is 10.5 Å². The van der Waals surface area contributed by atoms with Gasteiger partial charge in [-0.1, -0.05) is 36.4 Å². The summed E-state index contributed by atoms with van der Waals surface area (Å²) in [6, 6.07) is 23.0. The largest absolute Gasteiger partial charge is 0.489 e. The van der Waals surface area contributed by atoms with E-state index < -0.39 is 11.9 Å². The Balaban J connectivity index is 1.08. The minimum Gasteiger partial charge on any atom is -0.489 e. The van der Waals surface area contributed by atoms with Gasteiger partial charge in [-0.2, -0.15) is 0 Å². The van der Waals surface area contributed by atoms with E-state index in [9.17, 15) is 14.4 Å². The van der Waals surface area contributed by atoms with Crippen LogP contribution in [0, 0.1) is 0 Å². The molecule has 0 aliphatic carbocycles. The lowest BCUT2D eigenvalue weighted by Crippen LogP contribution is -2.52. The van der Waals surface area contributed by atoms with Gasteiger partial charge < -0.3 is 9.64 Å². The molecule has 0 radical (unpaired) electrons. The van der Waals surface area contributed by atoms with Crippen LogP contribution in [0.3, 0.4) is 0 Å². The predicted octanol–water partition coefficient (Wildman–Crippen LogP) is 3.42. The number of aromatic nitrogens is 2. The molecule has 8 heteroatoms. The van der Waals surface area contributed by atoms with E-state index in [0.29, 0.717) is 24.3 Å². The summed E-state index contributed by atoms with van der Waals surface area (Å²) in [4.78, 5) is 42.8. The van der Waals surface area contributed by atoms with Crippen LogP contribution in [0.1, 0.15) is 39.9 Å². The van der Waals surface area contributed by atoms with Gasteiger partial charge in [0.2, 0.25) is 11.8 Å². The second-order valence-electron chi connectivity index (χ2n) is 9.76. The van der Waals surface area contributed by atoms with E-state index >= 15 is 0 Å². The number of carbonyl (C=O) groups is 3. The number of benzene rings is 2. The average molecular weight is 520 g/mol. The van der Waals surface area contributed by atoms with Gasteiger partial charge in [-0.05, 0) is 36.2 Å². The van der Waals surface area contributed by atoms with E-state index in [1.54, 1.807) is 18.3 Å². The number of fused-ring (bicyclic) bond motifs is 1. The van der Waals surface area contributed by atoms with Crippen molar-refractivity contribution in [2.24, 2.45) is 0 Å². The molecule has 8 nitrogen and oxygen atoms in total. The van der Waals surface area contributed by atoms with Crippen LogP contribution in [0.4, 0.5) is 0 Å². The predicted molar refractivity (Wildman–Crippen MR) is 142 cm³/mol. The van der Waals surface area contributed by atoms with Gasteiger partial charge in [-0.3, -0.25) is 24.7 Å². The Morgan fingerprint density at radius 1 is 0.923 bits per heavy atom. The Hall–Kier alpha value is -4.85. The molecular formula is C31H27N4O4+. The minimum absolute atomic E-state index is 0.208. The molecule has 0 bridgehead atoms. The third kappa shape index (κ3) is 5.13. The van der Waals surface area contributed by atoms with Crippen molar-refractivity contribution < 1.29 is 23.7 Å². The van der Waals surface area contributed by atoms with Crippen LogP contribution in [0.25, 0.3) is 11.3 Å². The summed E-state index contributed by atoms with van der Waals surface area (Å²) in [5, 5.41) is 2.34. The van der Waals surface area contributed by atoms with Crippen LogP contribution in [0.2, 0.25) is 0 Å². The highest BCUT2D eigenvalue weighted by atomic mass is 16.5. The first kappa shape index (κ1) is 24.5. The minimum atomic E-state index is -0.646. The maximum Gasteiger partial charge on any atom is 0.255 e. The number of rotatable bonds is 7. The van der Waals surface area contributed by atoms with Gasteiger partial charge in [0, 0.05) is 47.0 Å². The van der Waals surface area contributed by atoms with E-state index in [2.05, 4.69) is 51.5 Å². The van der Waals surface area contributed by atoms with E-state index in [1.807, 2.05) is 36.4 Å². The highest BCUT2D eigenvalue weighted by molar-refractivity contribution is 6.05. The fourth-order valence-corrected chi connectivity index (χ4v) is 5.07. The Morgan fingerprint density at radius 3 is 2.46 bits per heavy atom. The molecule has 194 valence electrons. The Morgan fingerprint density at radius 2 is 1.72 bits per heavy atom. The van der Waals surface area contributed by atoms with Crippen LogP contribution in [0.15, 0.2) is 91.4 Å². The van der Waals surface area contributed by atoms with Gasteiger partial charge >= 0.3 is 0 Å². The number of carbonyl (C=O) groups excluding carboxylic acids is 3. The summed E-state index contributed by atoms with van der Waals surface area (Å²) < 4.78 is 8.25. The van der Waals surface area contributed by atoms with Crippen LogP contribution in [-0.2, 0) is 29.3 Å². The number of imide groups is 1. The average Bonchev–Trinajstić information content (AvgIpc) is 3.30. The number of ether oxygens (including phenoxy) is 1. The van der Waals surface area contributed by atoms with Gasteiger partial charge in [0.1, 0.15) is 18.4 Å². The maximum absolute atomic E-state index is 13.0. The molecule has 0 saturated carbocycles. The molecule has 4 heterocycles. The zero-order valence-electron chi connectivity index (χ0n) is 21.2. The number of pyridine rings is 2.